The Morgan fingerprint density at radius 3 is 2.90 bits per heavy atom. The molecule has 1 rings (SSSR count). The molecule has 1 heterocycles. The maximum atomic E-state index is 5.10. The van der Waals surface area contributed by atoms with Gasteiger partial charge >= 0.3 is 0 Å². The summed E-state index contributed by atoms with van der Waals surface area (Å²) in [6.07, 6.45) is 4.02. The van der Waals surface area contributed by atoms with Crippen LogP contribution in [0.3, 0.4) is 0 Å². The number of hydrogen-bond acceptors (Lipinski definition) is 4. The molecule has 1 aliphatic rings. The Bertz CT molecular complexity index is 236. The molecule has 1 N–H and O–H groups in total. The van der Waals surface area contributed by atoms with Gasteiger partial charge < -0.3 is 19.9 Å². The third-order valence-electron chi connectivity index (χ3n) is 4.43. The summed E-state index contributed by atoms with van der Waals surface area (Å²) in [6, 6.07) is 0.630. The van der Waals surface area contributed by atoms with Crippen molar-refractivity contribution >= 4 is 0 Å². The molecule has 0 aromatic heterocycles. The smallest absolute Gasteiger partial charge is 0.0589 e. The number of nitrogens with zero attached hydrogens (tertiary/aromatic N) is 2. The molecular formula is C16H35N3O. The lowest BCUT2D eigenvalue weighted by molar-refractivity contribution is 0.145. The largest absolute Gasteiger partial charge is 0.383 e. The quantitative estimate of drug-likeness (QED) is 0.661. The van der Waals surface area contributed by atoms with Gasteiger partial charge in [0.1, 0.15) is 0 Å². The zero-order valence-electron chi connectivity index (χ0n) is 14.0. The molecule has 4 nitrogen and oxygen atoms in total. The van der Waals surface area contributed by atoms with Crippen LogP contribution in [-0.2, 0) is 4.74 Å². The van der Waals surface area contributed by atoms with Gasteiger partial charge in [-0.2, -0.15) is 0 Å². The molecule has 0 aromatic rings. The molecular weight excluding hydrogens is 250 g/mol. The summed E-state index contributed by atoms with van der Waals surface area (Å²) in [5.74, 6) is 0.819. The summed E-state index contributed by atoms with van der Waals surface area (Å²) < 4.78 is 5.10. The Labute approximate surface area is 125 Å². The summed E-state index contributed by atoms with van der Waals surface area (Å²) in [4.78, 5) is 4.96. The first-order chi connectivity index (χ1) is 9.67. The summed E-state index contributed by atoms with van der Waals surface area (Å²) in [6.45, 7) is 12.5. The molecule has 0 amide bonds. The van der Waals surface area contributed by atoms with Crippen LogP contribution in [0.15, 0.2) is 0 Å². The molecule has 1 aliphatic heterocycles. The fourth-order valence-corrected chi connectivity index (χ4v) is 3.03. The Kier molecular flexibility index (Phi) is 9.44. The van der Waals surface area contributed by atoms with Crippen molar-refractivity contribution in [1.82, 2.24) is 15.1 Å². The first-order valence-corrected chi connectivity index (χ1v) is 8.30. The maximum absolute atomic E-state index is 5.10. The minimum atomic E-state index is 0.630. The van der Waals surface area contributed by atoms with Gasteiger partial charge in [-0.1, -0.05) is 6.92 Å². The Balaban J connectivity index is 2.16. The van der Waals surface area contributed by atoms with Gasteiger partial charge in [-0.3, -0.25) is 0 Å². The molecule has 20 heavy (non-hydrogen) atoms. The normalized spacial score (nSPS) is 22.4. The highest BCUT2D eigenvalue weighted by molar-refractivity contribution is 4.80. The van der Waals surface area contributed by atoms with Crippen molar-refractivity contribution in [2.24, 2.45) is 5.92 Å². The van der Waals surface area contributed by atoms with E-state index in [0.717, 1.165) is 32.2 Å². The van der Waals surface area contributed by atoms with Crippen molar-refractivity contribution in [3.63, 3.8) is 0 Å². The van der Waals surface area contributed by atoms with Gasteiger partial charge in [0.2, 0.25) is 0 Å². The van der Waals surface area contributed by atoms with Gasteiger partial charge in [-0.05, 0) is 52.2 Å². The van der Waals surface area contributed by atoms with Crippen molar-refractivity contribution in [3.05, 3.63) is 0 Å². The third kappa shape index (κ3) is 7.02. The van der Waals surface area contributed by atoms with Gasteiger partial charge in [-0.25, -0.2) is 0 Å². The molecule has 2 unspecified atom stereocenters. The Morgan fingerprint density at radius 2 is 2.20 bits per heavy atom. The van der Waals surface area contributed by atoms with E-state index in [-0.39, 0.29) is 0 Å². The van der Waals surface area contributed by atoms with Crippen molar-refractivity contribution in [3.8, 4) is 0 Å². The van der Waals surface area contributed by atoms with Crippen LogP contribution in [0, 0.1) is 5.92 Å². The van der Waals surface area contributed by atoms with Crippen LogP contribution in [0.25, 0.3) is 0 Å². The number of hydrogen-bond donors (Lipinski definition) is 1. The molecule has 0 bridgehead atoms. The van der Waals surface area contributed by atoms with E-state index < -0.39 is 0 Å². The molecule has 2 atom stereocenters. The first kappa shape index (κ1) is 17.9. The van der Waals surface area contributed by atoms with Crippen LogP contribution in [-0.4, -0.2) is 75.9 Å². The second kappa shape index (κ2) is 10.6. The molecule has 0 aliphatic carbocycles. The molecule has 1 fully saturated rings. The lowest BCUT2D eigenvalue weighted by atomic mass is 9.91. The van der Waals surface area contributed by atoms with Crippen molar-refractivity contribution < 1.29 is 4.74 Å². The predicted molar refractivity (Wildman–Crippen MR) is 86.3 cm³/mol. The van der Waals surface area contributed by atoms with Gasteiger partial charge in [0.15, 0.2) is 0 Å². The number of likely N-dealkylation sites (tertiary alicyclic amines) is 1. The number of nitrogens with one attached hydrogen (secondary N) is 1. The van der Waals surface area contributed by atoms with E-state index >= 15 is 0 Å². The van der Waals surface area contributed by atoms with Gasteiger partial charge in [-0.15, -0.1) is 0 Å². The maximum Gasteiger partial charge on any atom is 0.0589 e. The summed E-state index contributed by atoms with van der Waals surface area (Å²) in [7, 11) is 3.92. The summed E-state index contributed by atoms with van der Waals surface area (Å²) in [5.41, 5.74) is 0. The zero-order chi connectivity index (χ0) is 14.8. The molecule has 0 saturated carbocycles. The standard InChI is InChI=1S/C16H35N3O/c1-5-9-19-10-6-7-16(14-19)15(2)17-8-11-18(3)12-13-20-4/h15-17H,5-14H2,1-4H3. The second-order valence-corrected chi connectivity index (χ2v) is 6.24. The average Bonchev–Trinajstić information content (AvgIpc) is 2.45. The van der Waals surface area contributed by atoms with Crippen molar-refractivity contribution in [2.45, 2.75) is 39.2 Å². The summed E-state index contributed by atoms with van der Waals surface area (Å²) in [5, 5.41) is 3.71. The third-order valence-corrected chi connectivity index (χ3v) is 4.43. The molecule has 0 aromatic carbocycles. The monoisotopic (exact) mass is 285 g/mol. The molecule has 0 spiro atoms. The lowest BCUT2D eigenvalue weighted by Crippen LogP contribution is -2.46. The van der Waals surface area contributed by atoms with Crippen molar-refractivity contribution in [2.75, 3.05) is 60.0 Å². The zero-order valence-corrected chi connectivity index (χ0v) is 14.0. The SMILES string of the molecule is CCCN1CCCC(C(C)NCCN(C)CCOC)C1. The average molecular weight is 285 g/mol. The van der Waals surface area contributed by atoms with E-state index in [2.05, 4.69) is 36.0 Å². The minimum absolute atomic E-state index is 0.630. The lowest BCUT2D eigenvalue weighted by Gasteiger charge is -2.36. The van der Waals surface area contributed by atoms with E-state index in [1.807, 2.05) is 0 Å². The Hall–Kier alpha value is -0.160. The predicted octanol–water partition coefficient (Wildman–Crippen LogP) is 1.66. The number of piperidine rings is 1. The van der Waals surface area contributed by atoms with Gasteiger partial charge in [0.25, 0.3) is 0 Å². The summed E-state index contributed by atoms with van der Waals surface area (Å²) >= 11 is 0. The minimum Gasteiger partial charge on any atom is -0.383 e. The number of rotatable bonds is 10. The van der Waals surface area contributed by atoms with Gasteiger partial charge in [0, 0.05) is 39.3 Å². The number of ether oxygens (including phenoxy) is 1. The van der Waals surface area contributed by atoms with Crippen LogP contribution in [0.2, 0.25) is 0 Å². The van der Waals surface area contributed by atoms with E-state index in [4.69, 9.17) is 4.74 Å². The molecule has 120 valence electrons. The first-order valence-electron chi connectivity index (χ1n) is 8.30. The molecule has 4 heteroatoms. The fourth-order valence-electron chi connectivity index (χ4n) is 3.03. The highest BCUT2D eigenvalue weighted by Gasteiger charge is 2.23. The van der Waals surface area contributed by atoms with Crippen LogP contribution in [0.5, 0.6) is 0 Å². The number of methoxy groups -OCH3 is 1. The van der Waals surface area contributed by atoms with E-state index in [9.17, 15) is 0 Å². The van der Waals surface area contributed by atoms with E-state index in [1.165, 1.54) is 38.9 Å². The van der Waals surface area contributed by atoms with Gasteiger partial charge in [0.05, 0.1) is 6.61 Å². The second-order valence-electron chi connectivity index (χ2n) is 6.24. The van der Waals surface area contributed by atoms with E-state index in [1.54, 1.807) is 7.11 Å². The Morgan fingerprint density at radius 1 is 1.40 bits per heavy atom. The van der Waals surface area contributed by atoms with Crippen LogP contribution in [0.1, 0.15) is 33.1 Å². The highest BCUT2D eigenvalue weighted by Crippen LogP contribution is 2.19. The topological polar surface area (TPSA) is 27.7 Å². The van der Waals surface area contributed by atoms with Crippen LogP contribution < -0.4 is 5.32 Å². The van der Waals surface area contributed by atoms with Crippen LogP contribution >= 0.6 is 0 Å². The molecule has 1 saturated heterocycles. The fraction of sp³-hybridized carbons (Fsp3) is 1.00. The number of likely N-dealkylation sites (N-methyl/N-ethyl adjacent to an activating group) is 1. The van der Waals surface area contributed by atoms with Crippen LogP contribution in [0.4, 0.5) is 0 Å². The molecule has 0 radical (unpaired) electrons. The van der Waals surface area contributed by atoms with E-state index in [0.29, 0.717) is 6.04 Å². The van der Waals surface area contributed by atoms with Crippen molar-refractivity contribution in [1.29, 1.82) is 0 Å². The highest BCUT2D eigenvalue weighted by atomic mass is 16.5.